The molecule has 88 valence electrons. The molecule has 5 heteroatoms. The molecule has 17 heavy (non-hydrogen) atoms. The normalized spacial score (nSPS) is 10.5. The Labute approximate surface area is 96.4 Å². The van der Waals surface area contributed by atoms with E-state index in [2.05, 4.69) is 4.98 Å². The van der Waals surface area contributed by atoms with Gasteiger partial charge in [0.25, 0.3) is 5.56 Å². The quantitative estimate of drug-likeness (QED) is 0.835. The number of nitrogens with one attached hydrogen (secondary N) is 1. The van der Waals surface area contributed by atoms with Crippen LogP contribution >= 0.6 is 0 Å². The molecule has 1 heterocycles. The molecule has 0 saturated carbocycles. The Morgan fingerprint density at radius 2 is 1.88 bits per heavy atom. The summed E-state index contributed by atoms with van der Waals surface area (Å²) in [5, 5.41) is 0. The first-order valence-corrected chi connectivity index (χ1v) is 5.10. The van der Waals surface area contributed by atoms with Gasteiger partial charge in [-0.1, -0.05) is 12.1 Å². The Hall–Kier alpha value is -2.17. The van der Waals surface area contributed by atoms with Crippen LogP contribution in [0.15, 0.2) is 39.9 Å². The van der Waals surface area contributed by atoms with Crippen molar-refractivity contribution in [2.75, 3.05) is 0 Å². The van der Waals surface area contributed by atoms with Gasteiger partial charge in [-0.2, -0.15) is 0 Å². The van der Waals surface area contributed by atoms with Gasteiger partial charge in [0.2, 0.25) is 0 Å². The first-order chi connectivity index (χ1) is 8.06. The van der Waals surface area contributed by atoms with Crippen molar-refractivity contribution in [3.63, 3.8) is 0 Å². The molecular formula is C12H11FN2O2. The highest BCUT2D eigenvalue weighted by Gasteiger charge is 2.02. The van der Waals surface area contributed by atoms with Gasteiger partial charge in [-0.05, 0) is 17.7 Å². The van der Waals surface area contributed by atoms with E-state index in [0.717, 1.165) is 10.1 Å². The van der Waals surface area contributed by atoms with E-state index < -0.39 is 5.69 Å². The van der Waals surface area contributed by atoms with Gasteiger partial charge in [-0.3, -0.25) is 9.36 Å². The SMILES string of the molecule is Cn1c(=O)cc(Cc2ccc(F)cc2)[nH]c1=O. The van der Waals surface area contributed by atoms with E-state index in [0.29, 0.717) is 12.1 Å². The van der Waals surface area contributed by atoms with E-state index in [1.54, 1.807) is 12.1 Å². The van der Waals surface area contributed by atoms with E-state index in [1.165, 1.54) is 25.2 Å². The Kier molecular flexibility index (Phi) is 2.91. The molecule has 0 aliphatic rings. The minimum absolute atomic E-state index is 0.314. The smallest absolute Gasteiger partial charge is 0.311 e. The van der Waals surface area contributed by atoms with Crippen molar-refractivity contribution < 1.29 is 4.39 Å². The van der Waals surface area contributed by atoms with Crippen LogP contribution in [0.1, 0.15) is 11.3 Å². The van der Waals surface area contributed by atoms with Crippen LogP contribution in [0, 0.1) is 5.82 Å². The van der Waals surface area contributed by atoms with Gasteiger partial charge in [0, 0.05) is 25.2 Å². The average molecular weight is 234 g/mol. The van der Waals surface area contributed by atoms with Crippen molar-refractivity contribution >= 4 is 0 Å². The number of nitrogens with zero attached hydrogens (tertiary/aromatic N) is 1. The molecule has 2 aromatic rings. The first-order valence-electron chi connectivity index (χ1n) is 5.10. The second-order valence-electron chi connectivity index (χ2n) is 3.80. The highest BCUT2D eigenvalue weighted by molar-refractivity contribution is 5.21. The van der Waals surface area contributed by atoms with Crippen LogP contribution in [0.4, 0.5) is 4.39 Å². The van der Waals surface area contributed by atoms with Crippen molar-refractivity contribution in [1.82, 2.24) is 9.55 Å². The number of H-pyrrole nitrogens is 1. The third-order valence-electron chi connectivity index (χ3n) is 2.51. The monoisotopic (exact) mass is 234 g/mol. The summed E-state index contributed by atoms with van der Waals surface area (Å²) in [6.07, 6.45) is 0.394. The molecule has 4 nitrogen and oxygen atoms in total. The largest absolute Gasteiger partial charge is 0.328 e. The molecule has 1 N–H and O–H groups in total. The molecular weight excluding hydrogens is 223 g/mol. The molecule has 1 aromatic carbocycles. The second-order valence-corrected chi connectivity index (χ2v) is 3.80. The molecule has 0 spiro atoms. The lowest BCUT2D eigenvalue weighted by Gasteiger charge is -2.02. The molecule has 0 atom stereocenters. The maximum Gasteiger partial charge on any atom is 0.328 e. The number of hydrogen-bond donors (Lipinski definition) is 1. The third kappa shape index (κ3) is 2.50. The predicted octanol–water partition coefficient (Wildman–Crippen LogP) is 0.803. The topological polar surface area (TPSA) is 54.9 Å². The molecule has 0 aliphatic heterocycles. The van der Waals surface area contributed by atoms with Crippen LogP contribution in [-0.4, -0.2) is 9.55 Å². The minimum atomic E-state index is -0.449. The first kappa shape index (κ1) is 11.3. The summed E-state index contributed by atoms with van der Waals surface area (Å²) in [7, 11) is 1.41. The molecule has 0 amide bonds. The summed E-state index contributed by atoms with van der Waals surface area (Å²) in [4.78, 5) is 25.3. The summed E-state index contributed by atoms with van der Waals surface area (Å²) in [5.74, 6) is -0.314. The number of benzene rings is 1. The highest BCUT2D eigenvalue weighted by Crippen LogP contribution is 2.06. The second kappa shape index (κ2) is 4.37. The standard InChI is InChI=1S/C12H11FN2O2/c1-15-11(16)7-10(14-12(15)17)6-8-2-4-9(13)5-3-8/h2-5,7H,6H2,1H3,(H,14,17). The Morgan fingerprint density at radius 1 is 1.24 bits per heavy atom. The average Bonchev–Trinajstić information content (AvgIpc) is 2.29. The van der Waals surface area contributed by atoms with Gasteiger partial charge < -0.3 is 4.98 Å². The van der Waals surface area contributed by atoms with E-state index in [1.807, 2.05) is 0 Å². The Balaban J connectivity index is 2.34. The van der Waals surface area contributed by atoms with Gasteiger partial charge in [0.05, 0.1) is 0 Å². The van der Waals surface area contributed by atoms with Crippen LogP contribution in [0.25, 0.3) is 0 Å². The lowest BCUT2D eigenvalue weighted by atomic mass is 10.1. The summed E-state index contributed by atoms with van der Waals surface area (Å²) < 4.78 is 13.7. The number of hydrogen-bond acceptors (Lipinski definition) is 2. The lowest BCUT2D eigenvalue weighted by Crippen LogP contribution is -2.32. The molecule has 2 rings (SSSR count). The maximum absolute atomic E-state index is 12.7. The molecule has 0 fully saturated rings. The van der Waals surface area contributed by atoms with Crippen molar-refractivity contribution in [2.45, 2.75) is 6.42 Å². The van der Waals surface area contributed by atoms with Crippen molar-refractivity contribution in [3.05, 3.63) is 68.2 Å². The lowest BCUT2D eigenvalue weighted by molar-refractivity contribution is 0.627. The Bertz CT molecular complexity index is 610. The molecule has 0 aliphatic carbocycles. The maximum atomic E-state index is 12.7. The molecule has 1 aromatic heterocycles. The van der Waals surface area contributed by atoms with Crippen molar-refractivity contribution in [1.29, 1.82) is 0 Å². The zero-order valence-corrected chi connectivity index (χ0v) is 9.24. The zero-order chi connectivity index (χ0) is 12.4. The van der Waals surface area contributed by atoms with E-state index >= 15 is 0 Å². The number of halogens is 1. The molecule has 0 unspecified atom stereocenters. The Morgan fingerprint density at radius 3 is 2.47 bits per heavy atom. The summed E-state index contributed by atoms with van der Waals surface area (Å²) in [6.45, 7) is 0. The van der Waals surface area contributed by atoms with Crippen molar-refractivity contribution in [3.8, 4) is 0 Å². The van der Waals surface area contributed by atoms with Gasteiger partial charge in [0.1, 0.15) is 5.82 Å². The van der Waals surface area contributed by atoms with E-state index in [9.17, 15) is 14.0 Å². The van der Waals surface area contributed by atoms with E-state index in [4.69, 9.17) is 0 Å². The van der Waals surface area contributed by atoms with Crippen molar-refractivity contribution in [2.24, 2.45) is 7.05 Å². The van der Waals surface area contributed by atoms with Crippen LogP contribution in [0.5, 0.6) is 0 Å². The fraction of sp³-hybridized carbons (Fsp3) is 0.167. The van der Waals surface area contributed by atoms with Crippen LogP contribution < -0.4 is 11.2 Å². The summed E-state index contributed by atoms with van der Waals surface area (Å²) in [5.41, 5.74) is 0.542. The summed E-state index contributed by atoms with van der Waals surface area (Å²) >= 11 is 0. The van der Waals surface area contributed by atoms with E-state index in [-0.39, 0.29) is 11.4 Å². The van der Waals surface area contributed by atoms with Gasteiger partial charge in [-0.15, -0.1) is 0 Å². The van der Waals surface area contributed by atoms with Crippen LogP contribution in [0.3, 0.4) is 0 Å². The van der Waals surface area contributed by atoms with Gasteiger partial charge >= 0.3 is 5.69 Å². The van der Waals surface area contributed by atoms with Gasteiger partial charge in [-0.25, -0.2) is 9.18 Å². The highest BCUT2D eigenvalue weighted by atomic mass is 19.1. The number of rotatable bonds is 2. The third-order valence-corrected chi connectivity index (χ3v) is 2.51. The molecule has 0 bridgehead atoms. The van der Waals surface area contributed by atoms with Crippen LogP contribution in [0.2, 0.25) is 0 Å². The fourth-order valence-corrected chi connectivity index (χ4v) is 1.52. The summed E-state index contributed by atoms with van der Waals surface area (Å²) in [6, 6.07) is 7.28. The number of aromatic amines is 1. The van der Waals surface area contributed by atoms with Gasteiger partial charge in [0.15, 0.2) is 0 Å². The molecule has 0 saturated heterocycles. The van der Waals surface area contributed by atoms with Crippen LogP contribution in [-0.2, 0) is 13.5 Å². The zero-order valence-electron chi connectivity index (χ0n) is 9.24. The number of aromatic nitrogens is 2. The fourth-order valence-electron chi connectivity index (χ4n) is 1.52. The molecule has 0 radical (unpaired) electrons. The minimum Gasteiger partial charge on any atom is -0.311 e. The predicted molar refractivity (Wildman–Crippen MR) is 61.5 cm³/mol.